The first-order chi connectivity index (χ1) is 18.0. The molecule has 6 rings (SSSR count). The second-order valence-electron chi connectivity index (χ2n) is 7.91. The Morgan fingerprint density at radius 1 is 1.30 bits per heavy atom. The Bertz CT molecular complexity index is 1580. The smallest absolute Gasteiger partial charge is 0.387 e. The number of nitrogens with zero attached hydrogens (tertiary/aromatic N) is 6. The van der Waals surface area contributed by atoms with E-state index < -0.39 is 12.5 Å². The molecule has 2 N–H and O–H groups in total. The predicted molar refractivity (Wildman–Crippen MR) is 130 cm³/mol. The van der Waals surface area contributed by atoms with E-state index in [2.05, 4.69) is 30.8 Å². The van der Waals surface area contributed by atoms with Gasteiger partial charge in [0.1, 0.15) is 29.8 Å². The Balaban J connectivity index is 1.44. The van der Waals surface area contributed by atoms with Crippen LogP contribution in [-0.2, 0) is 6.54 Å². The molecule has 37 heavy (non-hydrogen) atoms. The van der Waals surface area contributed by atoms with Gasteiger partial charge in [-0.3, -0.25) is 9.48 Å². The van der Waals surface area contributed by atoms with Crippen LogP contribution in [0.2, 0.25) is 0 Å². The van der Waals surface area contributed by atoms with Gasteiger partial charge in [-0.1, -0.05) is 0 Å². The van der Waals surface area contributed by atoms with Crippen molar-refractivity contribution >= 4 is 34.7 Å². The van der Waals surface area contributed by atoms with Crippen LogP contribution < -0.4 is 15.4 Å². The molecule has 1 aliphatic rings. The summed E-state index contributed by atoms with van der Waals surface area (Å²) in [6, 6.07) is 4.95. The van der Waals surface area contributed by atoms with Gasteiger partial charge >= 0.3 is 6.61 Å². The van der Waals surface area contributed by atoms with Crippen LogP contribution in [0.1, 0.15) is 16.2 Å². The molecule has 0 unspecified atom stereocenters. The summed E-state index contributed by atoms with van der Waals surface area (Å²) in [6.45, 7) is -2.20. The highest BCUT2D eigenvalue weighted by molar-refractivity contribution is 7.99. The number of fused-ring (bicyclic) bond motifs is 2. The van der Waals surface area contributed by atoms with Gasteiger partial charge in [-0.15, -0.1) is 11.8 Å². The Morgan fingerprint density at radius 2 is 2.22 bits per heavy atom. The SMILES string of the molecule is O=C(Nc1cn(Cc2ncco2)nc1-c1cc2c(cc1OC(F)F)NCCS2)c1cnn2cccnc12. The molecular weight excluding hydrogens is 506 g/mol. The first-order valence-corrected chi connectivity index (χ1v) is 12.1. The summed E-state index contributed by atoms with van der Waals surface area (Å²) < 4.78 is 39.9. The fraction of sp³-hybridized carbons (Fsp3) is 0.174. The van der Waals surface area contributed by atoms with Crippen molar-refractivity contribution in [1.29, 1.82) is 0 Å². The quantitative estimate of drug-likeness (QED) is 0.325. The summed E-state index contributed by atoms with van der Waals surface area (Å²) in [4.78, 5) is 22.4. The Hall–Kier alpha value is -4.46. The van der Waals surface area contributed by atoms with Gasteiger partial charge in [0.2, 0.25) is 5.89 Å². The van der Waals surface area contributed by atoms with Gasteiger partial charge in [-0.25, -0.2) is 14.5 Å². The number of halogens is 2. The molecule has 0 saturated heterocycles. The maximum atomic E-state index is 13.4. The lowest BCUT2D eigenvalue weighted by atomic mass is 10.1. The maximum Gasteiger partial charge on any atom is 0.387 e. The van der Waals surface area contributed by atoms with Gasteiger partial charge in [-0.05, 0) is 12.1 Å². The predicted octanol–water partition coefficient (Wildman–Crippen LogP) is 4.00. The van der Waals surface area contributed by atoms with Crippen molar-refractivity contribution in [3.63, 3.8) is 0 Å². The van der Waals surface area contributed by atoms with Gasteiger partial charge in [-0.2, -0.15) is 19.0 Å². The molecule has 188 valence electrons. The van der Waals surface area contributed by atoms with E-state index >= 15 is 0 Å². The first-order valence-electron chi connectivity index (χ1n) is 11.1. The third-order valence-electron chi connectivity index (χ3n) is 5.54. The molecule has 4 aromatic heterocycles. The van der Waals surface area contributed by atoms with Crippen molar-refractivity contribution in [3.05, 3.63) is 66.9 Å². The fourth-order valence-corrected chi connectivity index (χ4v) is 4.89. The second kappa shape index (κ2) is 9.54. The normalized spacial score (nSPS) is 12.9. The molecule has 0 bridgehead atoms. The standard InChI is InChI=1S/C23H18F2N8O3S/c24-23(25)36-17-9-15-18(37-7-4-26-15)8-13(17)20-16(11-32(31-20)12-19-27-3-6-35-19)30-22(34)14-10-29-33-5-1-2-28-21(14)33/h1-3,5-6,8-11,23,26H,4,7,12H2,(H,30,34). The van der Waals surface area contributed by atoms with Crippen LogP contribution >= 0.6 is 11.8 Å². The van der Waals surface area contributed by atoms with Crippen LogP contribution in [0.5, 0.6) is 5.75 Å². The van der Waals surface area contributed by atoms with Gasteiger partial charge in [0.15, 0.2) is 5.65 Å². The lowest BCUT2D eigenvalue weighted by Crippen LogP contribution is -2.13. The van der Waals surface area contributed by atoms with E-state index in [0.717, 1.165) is 10.6 Å². The summed E-state index contributed by atoms with van der Waals surface area (Å²) in [7, 11) is 0. The minimum absolute atomic E-state index is 0.0710. The van der Waals surface area contributed by atoms with Gasteiger partial charge in [0.25, 0.3) is 5.91 Å². The molecule has 1 aliphatic heterocycles. The summed E-state index contributed by atoms with van der Waals surface area (Å²) in [5, 5.41) is 14.8. The number of benzene rings is 1. The van der Waals surface area contributed by atoms with Crippen molar-refractivity contribution in [1.82, 2.24) is 29.4 Å². The average Bonchev–Trinajstić information content (AvgIpc) is 3.64. The second-order valence-corrected chi connectivity index (χ2v) is 9.05. The van der Waals surface area contributed by atoms with Crippen LogP contribution in [0.15, 0.2) is 64.8 Å². The lowest BCUT2D eigenvalue weighted by molar-refractivity contribution is -0.0494. The molecule has 0 saturated carbocycles. The van der Waals surface area contributed by atoms with E-state index in [9.17, 15) is 13.6 Å². The molecule has 0 aliphatic carbocycles. The molecule has 11 nitrogen and oxygen atoms in total. The Morgan fingerprint density at radius 3 is 3.05 bits per heavy atom. The number of carbonyl (C=O) groups is 1. The zero-order valence-electron chi connectivity index (χ0n) is 19.0. The highest BCUT2D eigenvalue weighted by atomic mass is 32.2. The summed E-state index contributed by atoms with van der Waals surface area (Å²) in [6.07, 6.45) is 9.15. The molecule has 0 spiro atoms. The molecule has 0 atom stereocenters. The van der Waals surface area contributed by atoms with Crippen LogP contribution in [0, 0.1) is 0 Å². The zero-order valence-corrected chi connectivity index (χ0v) is 19.8. The number of hydrogen-bond donors (Lipinski definition) is 2. The molecule has 0 fully saturated rings. The Labute approximate surface area is 211 Å². The zero-order chi connectivity index (χ0) is 25.4. The van der Waals surface area contributed by atoms with E-state index in [1.54, 1.807) is 42.5 Å². The molecule has 5 aromatic rings. The highest BCUT2D eigenvalue weighted by Crippen LogP contribution is 2.43. The highest BCUT2D eigenvalue weighted by Gasteiger charge is 2.24. The van der Waals surface area contributed by atoms with Crippen molar-refractivity contribution in [2.75, 3.05) is 22.9 Å². The van der Waals surface area contributed by atoms with Crippen LogP contribution in [0.4, 0.5) is 20.2 Å². The topological polar surface area (TPSA) is 124 Å². The third-order valence-corrected chi connectivity index (χ3v) is 6.60. The van der Waals surface area contributed by atoms with E-state index in [1.807, 2.05) is 0 Å². The van der Waals surface area contributed by atoms with Crippen molar-refractivity contribution in [3.8, 4) is 17.0 Å². The largest absolute Gasteiger partial charge is 0.447 e. The lowest BCUT2D eigenvalue weighted by Gasteiger charge is -2.20. The number of anilines is 2. The first kappa shape index (κ1) is 23.0. The number of amides is 1. The molecule has 14 heteroatoms. The minimum Gasteiger partial charge on any atom is -0.447 e. The molecule has 5 heterocycles. The summed E-state index contributed by atoms with van der Waals surface area (Å²) in [5.74, 6) is 0.632. The number of thioether (sulfide) groups is 1. The molecule has 1 amide bonds. The summed E-state index contributed by atoms with van der Waals surface area (Å²) in [5.41, 5.74) is 2.12. The summed E-state index contributed by atoms with van der Waals surface area (Å²) >= 11 is 1.58. The maximum absolute atomic E-state index is 13.4. The number of alkyl halides is 2. The number of carbonyl (C=O) groups excluding carboxylic acids is 1. The van der Waals surface area contributed by atoms with E-state index in [0.29, 0.717) is 29.3 Å². The number of oxazole rings is 1. The van der Waals surface area contributed by atoms with Gasteiger partial charge < -0.3 is 19.8 Å². The number of ether oxygens (including phenoxy) is 1. The Kier molecular flexibility index (Phi) is 5.92. The number of hydrogen-bond acceptors (Lipinski definition) is 9. The van der Waals surface area contributed by atoms with Crippen LogP contribution in [-0.4, -0.2) is 54.2 Å². The number of rotatable bonds is 7. The molecular formula is C23H18F2N8O3S. The van der Waals surface area contributed by atoms with Crippen LogP contribution in [0.3, 0.4) is 0 Å². The van der Waals surface area contributed by atoms with Crippen molar-refractivity contribution < 1.29 is 22.7 Å². The van der Waals surface area contributed by atoms with E-state index in [-0.39, 0.29) is 29.2 Å². The van der Waals surface area contributed by atoms with Gasteiger partial charge in [0, 0.05) is 47.4 Å². The molecule has 0 radical (unpaired) electrons. The van der Waals surface area contributed by atoms with E-state index in [1.165, 1.54) is 33.9 Å². The van der Waals surface area contributed by atoms with E-state index in [4.69, 9.17) is 9.15 Å². The van der Waals surface area contributed by atoms with Crippen molar-refractivity contribution in [2.24, 2.45) is 0 Å². The fourth-order valence-electron chi connectivity index (χ4n) is 3.98. The molecule has 1 aromatic carbocycles. The average molecular weight is 525 g/mol. The van der Waals surface area contributed by atoms with Crippen LogP contribution in [0.25, 0.3) is 16.9 Å². The monoisotopic (exact) mass is 524 g/mol. The van der Waals surface area contributed by atoms with Gasteiger partial charge in [0.05, 0.1) is 23.8 Å². The minimum atomic E-state index is -3.05. The van der Waals surface area contributed by atoms with Crippen molar-refractivity contribution in [2.45, 2.75) is 18.1 Å². The third kappa shape index (κ3) is 4.58. The number of aromatic nitrogens is 6. The number of nitrogens with one attached hydrogen (secondary N) is 2.